The Morgan fingerprint density at radius 2 is 1.77 bits per heavy atom. The van der Waals surface area contributed by atoms with Crippen molar-refractivity contribution in [1.82, 2.24) is 9.97 Å². The number of nitrogens with zero attached hydrogens (tertiary/aromatic N) is 1. The minimum absolute atomic E-state index is 0.0714. The summed E-state index contributed by atoms with van der Waals surface area (Å²) in [6, 6.07) is 7.13. The third kappa shape index (κ3) is 4.29. The highest BCUT2D eigenvalue weighted by Gasteiger charge is 2.41. The first-order valence-corrected chi connectivity index (χ1v) is 8.89. The maximum absolute atomic E-state index is 12.8. The maximum atomic E-state index is 12.8. The van der Waals surface area contributed by atoms with Crippen LogP contribution in [0, 0.1) is 19.3 Å². The van der Waals surface area contributed by atoms with E-state index in [-0.39, 0.29) is 24.3 Å². The molecule has 0 aliphatic heterocycles. The number of hydrogen-bond donors (Lipinski definition) is 1. The van der Waals surface area contributed by atoms with Crippen molar-refractivity contribution in [2.45, 2.75) is 44.7 Å². The normalized spacial score (nSPS) is 21.0. The summed E-state index contributed by atoms with van der Waals surface area (Å²) in [6.07, 6.45) is -1.48. The number of alkyl halides is 3. The average molecular weight is 384 g/mol. The molecule has 26 heavy (non-hydrogen) atoms. The van der Waals surface area contributed by atoms with Gasteiger partial charge in [0, 0.05) is 22.9 Å². The number of nitrogens with one attached hydrogen (secondary N) is 1. The summed E-state index contributed by atoms with van der Waals surface area (Å²) in [7, 11) is 0. The predicted molar refractivity (Wildman–Crippen MR) is 94.3 cm³/mol. The van der Waals surface area contributed by atoms with Gasteiger partial charge >= 0.3 is 6.18 Å². The van der Waals surface area contributed by atoms with Gasteiger partial charge in [-0.15, -0.1) is 0 Å². The van der Waals surface area contributed by atoms with E-state index >= 15 is 0 Å². The van der Waals surface area contributed by atoms with Crippen LogP contribution >= 0.6 is 11.6 Å². The standard InChI is InChI=1S/C19H19ClF3N2O/c1-11-16(10-12-2-8-15(20)9-3-12)24-17(25-18(11)26)13-4-6-14(7-5-13)19(21,22)23/h2-3,8-10,13-14H,4-7H2,1H3,(H,24,25,26)/t13-,14+. The molecule has 1 aliphatic carbocycles. The Labute approximate surface area is 154 Å². The van der Waals surface area contributed by atoms with E-state index in [0.29, 0.717) is 34.9 Å². The zero-order chi connectivity index (χ0) is 18.9. The molecule has 3 nitrogen and oxygen atoms in total. The summed E-state index contributed by atoms with van der Waals surface area (Å²) in [4.78, 5) is 19.5. The topological polar surface area (TPSA) is 45.8 Å². The Morgan fingerprint density at radius 1 is 1.15 bits per heavy atom. The number of hydrogen-bond acceptors (Lipinski definition) is 2. The fourth-order valence-electron chi connectivity index (χ4n) is 3.31. The van der Waals surface area contributed by atoms with Gasteiger partial charge < -0.3 is 4.98 Å². The van der Waals surface area contributed by atoms with Crippen molar-refractivity contribution in [2.75, 3.05) is 0 Å². The van der Waals surface area contributed by atoms with E-state index in [1.54, 1.807) is 25.5 Å². The quantitative estimate of drug-likeness (QED) is 0.794. The van der Waals surface area contributed by atoms with E-state index in [0.717, 1.165) is 5.56 Å². The molecule has 1 aromatic carbocycles. The van der Waals surface area contributed by atoms with Crippen molar-refractivity contribution in [2.24, 2.45) is 5.92 Å². The third-order valence-corrected chi connectivity index (χ3v) is 5.21. The van der Waals surface area contributed by atoms with Gasteiger partial charge in [-0.25, -0.2) is 4.98 Å². The number of H-pyrrole nitrogens is 1. The highest BCUT2D eigenvalue weighted by molar-refractivity contribution is 6.30. The van der Waals surface area contributed by atoms with Gasteiger partial charge in [0.2, 0.25) is 0 Å². The second-order valence-electron chi connectivity index (χ2n) is 6.75. The molecule has 1 N–H and O–H groups in total. The molecule has 0 spiro atoms. The number of benzene rings is 1. The molecule has 1 radical (unpaired) electrons. The Balaban J connectivity index is 1.80. The Bertz CT molecular complexity index is 822. The minimum atomic E-state index is -4.15. The summed E-state index contributed by atoms with van der Waals surface area (Å²) < 4.78 is 38.5. The molecule has 0 unspecified atom stereocenters. The first-order valence-electron chi connectivity index (χ1n) is 8.52. The van der Waals surface area contributed by atoms with Crippen LogP contribution in [0.15, 0.2) is 29.1 Å². The first kappa shape index (κ1) is 19.0. The molecular formula is C19H19ClF3N2O. The van der Waals surface area contributed by atoms with E-state index < -0.39 is 12.1 Å². The lowest BCUT2D eigenvalue weighted by Crippen LogP contribution is -2.28. The summed E-state index contributed by atoms with van der Waals surface area (Å²) in [6.45, 7) is 1.68. The molecular weight excluding hydrogens is 365 g/mol. The molecule has 1 fully saturated rings. The van der Waals surface area contributed by atoms with Gasteiger partial charge in [-0.3, -0.25) is 4.79 Å². The van der Waals surface area contributed by atoms with Crippen molar-refractivity contribution >= 4 is 11.6 Å². The number of aromatic nitrogens is 2. The van der Waals surface area contributed by atoms with E-state index in [2.05, 4.69) is 9.97 Å². The second-order valence-corrected chi connectivity index (χ2v) is 7.18. The molecule has 1 saturated carbocycles. The zero-order valence-corrected chi connectivity index (χ0v) is 15.0. The van der Waals surface area contributed by atoms with Crippen molar-refractivity contribution in [3.05, 3.63) is 68.7 Å². The molecule has 0 amide bonds. The Hall–Kier alpha value is -1.82. The van der Waals surface area contributed by atoms with Crippen LogP contribution < -0.4 is 5.56 Å². The lowest BCUT2D eigenvalue weighted by molar-refractivity contribution is -0.182. The van der Waals surface area contributed by atoms with Crippen molar-refractivity contribution in [3.63, 3.8) is 0 Å². The van der Waals surface area contributed by atoms with E-state index in [1.165, 1.54) is 0 Å². The van der Waals surface area contributed by atoms with Gasteiger partial charge in [0.1, 0.15) is 5.82 Å². The lowest BCUT2D eigenvalue weighted by atomic mass is 9.81. The maximum Gasteiger partial charge on any atom is 0.391 e. The Kier molecular flexibility index (Phi) is 5.42. The highest BCUT2D eigenvalue weighted by Crippen LogP contribution is 2.42. The van der Waals surface area contributed by atoms with E-state index in [4.69, 9.17) is 11.6 Å². The molecule has 2 aromatic rings. The van der Waals surface area contributed by atoms with Gasteiger partial charge in [-0.1, -0.05) is 23.7 Å². The molecule has 0 bridgehead atoms. The van der Waals surface area contributed by atoms with Crippen LogP contribution in [-0.2, 0) is 0 Å². The van der Waals surface area contributed by atoms with Crippen LogP contribution in [0.5, 0.6) is 0 Å². The fourth-order valence-corrected chi connectivity index (χ4v) is 3.44. The summed E-state index contributed by atoms with van der Waals surface area (Å²) >= 11 is 5.88. The molecule has 3 rings (SSSR count). The highest BCUT2D eigenvalue weighted by atomic mass is 35.5. The van der Waals surface area contributed by atoms with Crippen LogP contribution in [-0.4, -0.2) is 16.1 Å². The molecule has 0 atom stereocenters. The van der Waals surface area contributed by atoms with Crippen LogP contribution in [0.2, 0.25) is 5.02 Å². The summed E-state index contributed by atoms with van der Waals surface area (Å²) in [5, 5.41) is 0.611. The van der Waals surface area contributed by atoms with Gasteiger partial charge in [-0.2, -0.15) is 13.2 Å². The van der Waals surface area contributed by atoms with E-state index in [1.807, 2.05) is 12.1 Å². The molecule has 139 valence electrons. The molecule has 1 aliphatic rings. The molecule has 1 heterocycles. The smallest absolute Gasteiger partial charge is 0.310 e. The van der Waals surface area contributed by atoms with E-state index in [9.17, 15) is 18.0 Å². The number of rotatable bonds is 3. The van der Waals surface area contributed by atoms with Crippen LogP contribution in [0.1, 0.15) is 54.2 Å². The lowest BCUT2D eigenvalue weighted by Gasteiger charge is -2.29. The average Bonchev–Trinajstić information content (AvgIpc) is 2.60. The van der Waals surface area contributed by atoms with Crippen LogP contribution in [0.3, 0.4) is 0 Å². The van der Waals surface area contributed by atoms with Gasteiger partial charge in [0.25, 0.3) is 5.56 Å². The van der Waals surface area contributed by atoms with Gasteiger partial charge in [-0.05, 0) is 50.3 Å². The third-order valence-electron chi connectivity index (χ3n) is 4.96. The fraction of sp³-hybridized carbons (Fsp3) is 0.421. The van der Waals surface area contributed by atoms with Crippen molar-refractivity contribution in [3.8, 4) is 0 Å². The first-order chi connectivity index (χ1) is 12.2. The second kappa shape index (κ2) is 7.43. The number of halogens is 4. The van der Waals surface area contributed by atoms with Gasteiger partial charge in [0.05, 0.1) is 11.6 Å². The van der Waals surface area contributed by atoms with Crippen LogP contribution in [0.25, 0.3) is 0 Å². The summed E-state index contributed by atoms with van der Waals surface area (Å²) in [5.74, 6) is -0.934. The van der Waals surface area contributed by atoms with Gasteiger partial charge in [0.15, 0.2) is 0 Å². The van der Waals surface area contributed by atoms with Crippen LogP contribution in [0.4, 0.5) is 13.2 Å². The van der Waals surface area contributed by atoms with Crippen molar-refractivity contribution in [1.29, 1.82) is 0 Å². The zero-order valence-electron chi connectivity index (χ0n) is 14.2. The predicted octanol–water partition coefficient (Wildman–Crippen LogP) is 5.17. The monoisotopic (exact) mass is 383 g/mol. The minimum Gasteiger partial charge on any atom is -0.310 e. The molecule has 7 heteroatoms. The SMILES string of the molecule is Cc1c([CH]c2ccc(Cl)cc2)nc([C@H]2CC[C@@H](C(F)(F)F)CC2)[nH]c1=O. The summed E-state index contributed by atoms with van der Waals surface area (Å²) in [5.41, 5.74) is 1.60. The van der Waals surface area contributed by atoms with Crippen molar-refractivity contribution < 1.29 is 13.2 Å². The number of aromatic amines is 1. The molecule has 0 saturated heterocycles. The molecule has 1 aromatic heterocycles. The largest absolute Gasteiger partial charge is 0.391 e. The Morgan fingerprint density at radius 3 is 2.35 bits per heavy atom.